The summed E-state index contributed by atoms with van der Waals surface area (Å²) in [6.45, 7) is 5.50. The zero-order valence-corrected chi connectivity index (χ0v) is 21.1. The number of imidazole rings is 1. The number of hydrogen-bond donors (Lipinski definition) is 1. The number of aromatic nitrogens is 3. The number of hydrogen-bond acceptors (Lipinski definition) is 9. The Morgan fingerprint density at radius 1 is 1.14 bits per heavy atom. The fraction of sp³-hybridized carbons (Fsp3) is 0.391. The Balaban J connectivity index is 1.90. The van der Waals surface area contributed by atoms with Crippen molar-refractivity contribution in [3.05, 3.63) is 41.2 Å². The van der Waals surface area contributed by atoms with E-state index in [1.807, 2.05) is 13.8 Å². The molecule has 12 heteroatoms. The molecule has 188 valence electrons. The number of nitrogens with one attached hydrogen (secondary N) is 1. The molecule has 3 aromatic rings. The zero-order valence-electron chi connectivity index (χ0n) is 20.2. The van der Waals surface area contributed by atoms with Crippen molar-refractivity contribution in [2.45, 2.75) is 31.7 Å². The maximum Gasteiger partial charge on any atom is 0.508 e. The molecule has 0 aliphatic heterocycles. The molecule has 1 atom stereocenters. The van der Waals surface area contributed by atoms with E-state index < -0.39 is 23.0 Å². The first kappa shape index (κ1) is 25.9. The summed E-state index contributed by atoms with van der Waals surface area (Å²) in [5, 5.41) is 2.70. The van der Waals surface area contributed by atoms with Crippen LogP contribution < -0.4 is 14.8 Å². The topological polar surface area (TPSA) is 131 Å². The van der Waals surface area contributed by atoms with Crippen LogP contribution in [0.5, 0.6) is 11.5 Å². The highest BCUT2D eigenvalue weighted by Crippen LogP contribution is 2.27. The number of rotatable bonds is 9. The monoisotopic (exact) mass is 504 g/mol. The van der Waals surface area contributed by atoms with Crippen molar-refractivity contribution in [3.63, 3.8) is 0 Å². The number of carbonyl (C=O) groups excluding carboxylic acids is 2. The number of fused-ring (bicyclic) bond motifs is 1. The molecule has 0 saturated heterocycles. The number of benzene rings is 1. The molecule has 0 fully saturated rings. The maximum atomic E-state index is 13.4. The van der Waals surface area contributed by atoms with Crippen LogP contribution in [0.15, 0.2) is 29.6 Å². The molecule has 3 rings (SSSR count). The van der Waals surface area contributed by atoms with Crippen LogP contribution >= 0.6 is 0 Å². The van der Waals surface area contributed by atoms with Crippen molar-refractivity contribution < 1.29 is 32.7 Å². The van der Waals surface area contributed by atoms with Crippen molar-refractivity contribution >= 4 is 34.0 Å². The summed E-state index contributed by atoms with van der Waals surface area (Å²) < 4.78 is 34.9. The number of pyridine rings is 1. The first-order valence-corrected chi connectivity index (χ1v) is 12.1. The predicted molar refractivity (Wildman–Crippen MR) is 128 cm³/mol. The molecule has 0 bridgehead atoms. The highest BCUT2D eigenvalue weighted by atomic mass is 32.2. The number of carbonyl (C=O) groups is 2. The van der Waals surface area contributed by atoms with Crippen LogP contribution in [-0.4, -0.2) is 64.9 Å². The largest absolute Gasteiger partial charge is 0.508 e. The van der Waals surface area contributed by atoms with E-state index in [2.05, 4.69) is 20.0 Å². The molecule has 0 spiro atoms. The van der Waals surface area contributed by atoms with Crippen molar-refractivity contribution in [1.82, 2.24) is 19.9 Å². The van der Waals surface area contributed by atoms with Gasteiger partial charge in [0.25, 0.3) is 0 Å². The van der Waals surface area contributed by atoms with Crippen LogP contribution in [0.4, 0.5) is 9.59 Å². The number of aryl methyl sites for hydroxylation is 1. The third kappa shape index (κ3) is 5.88. The molecule has 0 aliphatic carbocycles. The molecule has 2 aromatic heterocycles. The molecule has 0 radical (unpaired) electrons. The minimum Gasteiger partial charge on any atom is -0.497 e. The second-order valence-electron chi connectivity index (χ2n) is 7.38. The minimum atomic E-state index is -1.73. The lowest BCUT2D eigenvalue weighted by Gasteiger charge is -2.13. The normalized spacial score (nSPS) is 11.7. The molecule has 35 heavy (non-hydrogen) atoms. The molecule has 1 amide bonds. The standard InChI is InChI=1S/C23H28N4O7S/c1-6-33-23(29)34-10-9-24-21(28)27-19-8-7-16(31-4)11-17(19)26-22(27)35(30)13-18-15(3)20(32-5)14(2)12-25-18/h7-8,11-12H,6,9-10,13H2,1-5H3,(H,24,28)/t35-/m0/s1. The molecular weight excluding hydrogens is 476 g/mol. The lowest BCUT2D eigenvalue weighted by molar-refractivity contribution is 0.0601. The Bertz CT molecular complexity index is 1260. The van der Waals surface area contributed by atoms with Crippen molar-refractivity contribution in [2.75, 3.05) is 34.0 Å². The van der Waals surface area contributed by atoms with Gasteiger partial charge in [-0.3, -0.25) is 9.19 Å². The highest BCUT2D eigenvalue weighted by molar-refractivity contribution is 7.84. The first-order valence-electron chi connectivity index (χ1n) is 10.8. The van der Waals surface area contributed by atoms with Gasteiger partial charge in [-0.2, -0.15) is 0 Å². The van der Waals surface area contributed by atoms with Gasteiger partial charge in [-0.15, -0.1) is 0 Å². The number of nitrogens with zero attached hydrogens (tertiary/aromatic N) is 3. The molecule has 11 nitrogen and oxygen atoms in total. The Morgan fingerprint density at radius 2 is 1.91 bits per heavy atom. The summed E-state index contributed by atoms with van der Waals surface area (Å²) in [5.74, 6) is 1.25. The van der Waals surface area contributed by atoms with Gasteiger partial charge in [0.15, 0.2) is 0 Å². The van der Waals surface area contributed by atoms with Gasteiger partial charge in [0.05, 0.1) is 60.7 Å². The van der Waals surface area contributed by atoms with Gasteiger partial charge in [0.2, 0.25) is 5.16 Å². The smallest absolute Gasteiger partial charge is 0.497 e. The van der Waals surface area contributed by atoms with Crippen LogP contribution in [0.1, 0.15) is 23.7 Å². The summed E-state index contributed by atoms with van der Waals surface area (Å²) in [5.41, 5.74) is 3.10. The van der Waals surface area contributed by atoms with Crippen molar-refractivity contribution in [3.8, 4) is 11.5 Å². The van der Waals surface area contributed by atoms with E-state index in [0.717, 1.165) is 11.1 Å². The average Bonchev–Trinajstić information content (AvgIpc) is 3.23. The summed E-state index contributed by atoms with van der Waals surface area (Å²) in [4.78, 5) is 33.3. The summed E-state index contributed by atoms with van der Waals surface area (Å²) in [6, 6.07) is 4.43. The van der Waals surface area contributed by atoms with Crippen LogP contribution in [-0.2, 0) is 26.0 Å². The number of methoxy groups -OCH3 is 2. The fourth-order valence-corrected chi connectivity index (χ4v) is 4.70. The third-order valence-corrected chi connectivity index (χ3v) is 6.33. The van der Waals surface area contributed by atoms with E-state index in [0.29, 0.717) is 28.2 Å². The lowest BCUT2D eigenvalue weighted by Crippen LogP contribution is -2.33. The van der Waals surface area contributed by atoms with E-state index in [9.17, 15) is 13.8 Å². The van der Waals surface area contributed by atoms with Gasteiger partial charge in [-0.1, -0.05) is 0 Å². The van der Waals surface area contributed by atoms with Gasteiger partial charge in [-0.25, -0.2) is 19.1 Å². The average molecular weight is 505 g/mol. The Labute approximate surface area is 205 Å². The Hall–Kier alpha value is -3.67. The number of amides is 1. The van der Waals surface area contributed by atoms with Gasteiger partial charge in [0, 0.05) is 23.4 Å². The van der Waals surface area contributed by atoms with Crippen LogP contribution in [0.3, 0.4) is 0 Å². The quantitative estimate of drug-likeness (QED) is 0.345. The molecule has 0 unspecified atom stereocenters. The van der Waals surface area contributed by atoms with Crippen LogP contribution in [0, 0.1) is 13.8 Å². The Morgan fingerprint density at radius 3 is 2.60 bits per heavy atom. The van der Waals surface area contributed by atoms with Gasteiger partial charge < -0.3 is 24.3 Å². The van der Waals surface area contributed by atoms with Crippen molar-refractivity contribution in [2.24, 2.45) is 0 Å². The molecule has 0 saturated carbocycles. The van der Waals surface area contributed by atoms with E-state index in [1.54, 1.807) is 38.4 Å². The fourth-order valence-electron chi connectivity index (χ4n) is 3.45. The Kier molecular flexibility index (Phi) is 8.63. The van der Waals surface area contributed by atoms with Gasteiger partial charge in [0.1, 0.15) is 18.1 Å². The third-order valence-electron chi connectivity index (χ3n) is 5.12. The predicted octanol–water partition coefficient (Wildman–Crippen LogP) is 3.10. The molecule has 1 aromatic carbocycles. The lowest BCUT2D eigenvalue weighted by atomic mass is 10.1. The van der Waals surface area contributed by atoms with Gasteiger partial charge >= 0.3 is 12.2 Å². The molecule has 1 N–H and O–H groups in total. The first-order chi connectivity index (χ1) is 16.8. The highest BCUT2D eigenvalue weighted by Gasteiger charge is 2.23. The van der Waals surface area contributed by atoms with Crippen LogP contribution in [0.25, 0.3) is 11.0 Å². The number of ether oxygens (including phenoxy) is 4. The van der Waals surface area contributed by atoms with E-state index in [1.165, 1.54) is 11.7 Å². The molecule has 2 heterocycles. The second-order valence-corrected chi connectivity index (χ2v) is 8.73. The minimum absolute atomic E-state index is 0.0232. The summed E-state index contributed by atoms with van der Waals surface area (Å²) in [6.07, 6.45) is 0.836. The molecular formula is C23H28N4O7S. The zero-order chi connectivity index (χ0) is 25.5. The second kappa shape index (κ2) is 11.6. The summed E-state index contributed by atoms with van der Waals surface area (Å²) in [7, 11) is 1.36. The molecule has 0 aliphatic rings. The van der Waals surface area contributed by atoms with E-state index in [4.69, 9.17) is 14.2 Å². The summed E-state index contributed by atoms with van der Waals surface area (Å²) >= 11 is 0. The van der Waals surface area contributed by atoms with Crippen molar-refractivity contribution in [1.29, 1.82) is 0 Å². The maximum absolute atomic E-state index is 13.4. The van der Waals surface area contributed by atoms with E-state index in [-0.39, 0.29) is 30.7 Å². The SMILES string of the molecule is CCOC(=O)OCCNC(=O)n1c([S@@](=O)Cc2ncc(C)c(OC)c2C)nc2cc(OC)ccc21. The van der Waals surface area contributed by atoms with Gasteiger partial charge in [-0.05, 0) is 32.9 Å². The van der Waals surface area contributed by atoms with Crippen LogP contribution in [0.2, 0.25) is 0 Å². The van der Waals surface area contributed by atoms with E-state index >= 15 is 0 Å².